The highest BCUT2D eigenvalue weighted by Crippen LogP contribution is 2.39. The van der Waals surface area contributed by atoms with E-state index in [9.17, 15) is 9.90 Å². The van der Waals surface area contributed by atoms with Crippen molar-refractivity contribution in [1.29, 1.82) is 0 Å². The van der Waals surface area contributed by atoms with E-state index in [0.29, 0.717) is 12.2 Å². The highest BCUT2D eigenvalue weighted by atomic mass is 16.3. The average Bonchev–Trinajstić information content (AvgIpc) is 3.25. The average molecular weight is 394 g/mol. The molecule has 0 spiro atoms. The molecule has 1 aliphatic heterocycles. The summed E-state index contributed by atoms with van der Waals surface area (Å²) in [6.45, 7) is 2.75. The fraction of sp³-hybridized carbons (Fsp3) is 0.500. The van der Waals surface area contributed by atoms with Gasteiger partial charge in [-0.2, -0.15) is 0 Å². The maximum atomic E-state index is 12.7. The lowest BCUT2D eigenvalue weighted by Gasteiger charge is -2.34. The Balaban J connectivity index is 1.54. The molecular formula is C24H31N3O2. The second-order valence-corrected chi connectivity index (χ2v) is 8.50. The fourth-order valence-electron chi connectivity index (χ4n) is 5.05. The van der Waals surface area contributed by atoms with E-state index >= 15 is 0 Å². The van der Waals surface area contributed by atoms with Crippen molar-refractivity contribution in [2.75, 3.05) is 19.6 Å². The number of benzene rings is 1. The lowest BCUT2D eigenvalue weighted by molar-refractivity contribution is 0.0569. The molecule has 2 aliphatic rings. The summed E-state index contributed by atoms with van der Waals surface area (Å²) in [6.07, 6.45) is 7.34. The first-order chi connectivity index (χ1) is 14.2. The minimum absolute atomic E-state index is 0.137. The Bertz CT molecular complexity index is 792. The van der Waals surface area contributed by atoms with E-state index in [1.54, 1.807) is 12.3 Å². The van der Waals surface area contributed by atoms with Gasteiger partial charge in [0, 0.05) is 24.2 Å². The monoisotopic (exact) mass is 393 g/mol. The molecule has 1 aromatic carbocycles. The SMILES string of the molecule is O=C(NC[C@@]1(c2ccccc2)CC[C@H](O)[C@@H](N2CCCC2)CC1)c1ccccn1. The van der Waals surface area contributed by atoms with E-state index in [2.05, 4.69) is 39.5 Å². The number of aliphatic hydroxyl groups is 1. The molecule has 4 rings (SSSR count). The van der Waals surface area contributed by atoms with Gasteiger partial charge in [-0.05, 0) is 69.3 Å². The second kappa shape index (κ2) is 9.06. The third kappa shape index (κ3) is 4.51. The topological polar surface area (TPSA) is 65.5 Å². The van der Waals surface area contributed by atoms with Gasteiger partial charge in [0.25, 0.3) is 5.91 Å². The Morgan fingerprint density at radius 1 is 1.07 bits per heavy atom. The first-order valence-electron chi connectivity index (χ1n) is 10.8. The molecule has 2 fully saturated rings. The van der Waals surface area contributed by atoms with E-state index in [4.69, 9.17) is 0 Å². The van der Waals surface area contributed by atoms with Crippen molar-refractivity contribution >= 4 is 5.91 Å². The van der Waals surface area contributed by atoms with Gasteiger partial charge in [0.15, 0.2) is 0 Å². The van der Waals surface area contributed by atoms with Crippen LogP contribution in [0.3, 0.4) is 0 Å². The molecule has 1 saturated heterocycles. The van der Waals surface area contributed by atoms with Gasteiger partial charge in [0.2, 0.25) is 0 Å². The summed E-state index contributed by atoms with van der Waals surface area (Å²) in [5, 5.41) is 14.0. The van der Waals surface area contributed by atoms with Crippen LogP contribution in [0, 0.1) is 0 Å². The van der Waals surface area contributed by atoms with Crippen molar-refractivity contribution < 1.29 is 9.90 Å². The molecular weight excluding hydrogens is 362 g/mol. The van der Waals surface area contributed by atoms with Crippen molar-refractivity contribution in [3.05, 3.63) is 66.0 Å². The number of aliphatic hydroxyl groups excluding tert-OH is 1. The molecule has 0 unspecified atom stereocenters. The third-order valence-electron chi connectivity index (χ3n) is 6.76. The number of nitrogens with one attached hydrogen (secondary N) is 1. The molecule has 0 bridgehead atoms. The van der Waals surface area contributed by atoms with Gasteiger partial charge in [-0.1, -0.05) is 36.4 Å². The Hall–Kier alpha value is -2.24. The Morgan fingerprint density at radius 2 is 1.79 bits per heavy atom. The minimum atomic E-state index is -0.301. The number of hydrogen-bond acceptors (Lipinski definition) is 4. The summed E-state index contributed by atoms with van der Waals surface area (Å²) in [5.41, 5.74) is 1.52. The number of carbonyl (C=O) groups is 1. The van der Waals surface area contributed by atoms with E-state index in [0.717, 1.165) is 38.8 Å². The van der Waals surface area contributed by atoms with Crippen LogP contribution in [-0.2, 0) is 5.41 Å². The Morgan fingerprint density at radius 3 is 2.52 bits per heavy atom. The number of aromatic nitrogens is 1. The number of hydrogen-bond donors (Lipinski definition) is 2. The predicted molar refractivity (Wildman–Crippen MR) is 114 cm³/mol. The van der Waals surface area contributed by atoms with Crippen LogP contribution < -0.4 is 5.32 Å². The lowest BCUT2D eigenvalue weighted by atomic mass is 9.74. The molecule has 2 heterocycles. The standard InChI is InChI=1S/C24H31N3O2/c28-22-12-14-24(19-8-2-1-3-9-19,13-11-21(22)27-16-6-7-17-27)18-26-23(29)20-10-4-5-15-25-20/h1-5,8-10,15,21-22,28H,6-7,11-14,16-18H2,(H,26,29)/t21-,22-,24-/m0/s1. The van der Waals surface area contributed by atoms with E-state index in [1.807, 2.05) is 18.2 Å². The third-order valence-corrected chi connectivity index (χ3v) is 6.76. The zero-order valence-corrected chi connectivity index (χ0v) is 17.0. The smallest absolute Gasteiger partial charge is 0.269 e. The molecule has 29 heavy (non-hydrogen) atoms. The number of pyridine rings is 1. The van der Waals surface area contributed by atoms with Crippen molar-refractivity contribution in [3.63, 3.8) is 0 Å². The molecule has 5 nitrogen and oxygen atoms in total. The molecule has 2 N–H and O–H groups in total. The summed E-state index contributed by atoms with van der Waals surface area (Å²) >= 11 is 0. The highest BCUT2D eigenvalue weighted by Gasteiger charge is 2.40. The van der Waals surface area contributed by atoms with E-state index < -0.39 is 0 Å². The van der Waals surface area contributed by atoms with Crippen LogP contribution in [-0.4, -0.2) is 52.7 Å². The van der Waals surface area contributed by atoms with Crippen LogP contribution >= 0.6 is 0 Å². The van der Waals surface area contributed by atoms with Gasteiger partial charge >= 0.3 is 0 Å². The van der Waals surface area contributed by atoms with Crippen LogP contribution in [0.2, 0.25) is 0 Å². The van der Waals surface area contributed by atoms with E-state index in [1.165, 1.54) is 18.4 Å². The summed E-state index contributed by atoms with van der Waals surface area (Å²) in [7, 11) is 0. The van der Waals surface area contributed by atoms with Crippen LogP contribution in [0.1, 0.15) is 54.6 Å². The van der Waals surface area contributed by atoms with Gasteiger partial charge in [0.05, 0.1) is 6.10 Å². The molecule has 1 aromatic heterocycles. The van der Waals surface area contributed by atoms with Crippen molar-refractivity contribution in [2.24, 2.45) is 0 Å². The van der Waals surface area contributed by atoms with Crippen molar-refractivity contribution in [3.8, 4) is 0 Å². The van der Waals surface area contributed by atoms with Gasteiger partial charge < -0.3 is 10.4 Å². The quantitative estimate of drug-likeness (QED) is 0.766. The summed E-state index contributed by atoms with van der Waals surface area (Å²) in [4.78, 5) is 19.3. The lowest BCUT2D eigenvalue weighted by Crippen LogP contribution is -2.42. The van der Waals surface area contributed by atoms with Crippen LogP contribution in [0.15, 0.2) is 54.7 Å². The zero-order valence-electron chi connectivity index (χ0n) is 17.0. The number of carbonyl (C=O) groups excluding carboxylic acids is 1. The van der Waals surface area contributed by atoms with Crippen molar-refractivity contribution in [2.45, 2.75) is 56.1 Å². The second-order valence-electron chi connectivity index (χ2n) is 8.50. The minimum Gasteiger partial charge on any atom is -0.391 e. The number of amides is 1. The molecule has 0 radical (unpaired) electrons. The summed E-state index contributed by atoms with van der Waals surface area (Å²) < 4.78 is 0. The molecule has 154 valence electrons. The van der Waals surface area contributed by atoms with Gasteiger partial charge in [-0.3, -0.25) is 14.7 Å². The molecule has 5 heteroatoms. The van der Waals surface area contributed by atoms with Crippen LogP contribution in [0.25, 0.3) is 0 Å². The number of rotatable bonds is 5. The normalized spacial score (nSPS) is 28.0. The molecule has 1 aliphatic carbocycles. The van der Waals surface area contributed by atoms with Crippen LogP contribution in [0.4, 0.5) is 0 Å². The summed E-state index contributed by atoms with van der Waals surface area (Å²) in [6, 6.07) is 16.1. The number of likely N-dealkylation sites (tertiary alicyclic amines) is 1. The maximum absolute atomic E-state index is 12.7. The Kier molecular flexibility index (Phi) is 6.26. The summed E-state index contributed by atoms with van der Waals surface area (Å²) in [5.74, 6) is -0.137. The van der Waals surface area contributed by atoms with Gasteiger partial charge in [0.1, 0.15) is 5.69 Å². The maximum Gasteiger partial charge on any atom is 0.269 e. The van der Waals surface area contributed by atoms with Crippen LogP contribution in [0.5, 0.6) is 0 Å². The predicted octanol–water partition coefficient (Wildman–Crippen LogP) is 3.15. The molecule has 3 atom stereocenters. The van der Waals surface area contributed by atoms with Gasteiger partial charge in [-0.25, -0.2) is 0 Å². The number of nitrogens with zero attached hydrogens (tertiary/aromatic N) is 2. The van der Waals surface area contributed by atoms with Gasteiger partial charge in [-0.15, -0.1) is 0 Å². The highest BCUT2D eigenvalue weighted by molar-refractivity contribution is 5.92. The van der Waals surface area contributed by atoms with Crippen molar-refractivity contribution in [1.82, 2.24) is 15.2 Å². The zero-order chi connectivity index (χ0) is 20.1. The molecule has 1 saturated carbocycles. The fourth-order valence-corrected chi connectivity index (χ4v) is 5.05. The molecule has 2 aromatic rings. The first kappa shape index (κ1) is 20.0. The largest absolute Gasteiger partial charge is 0.391 e. The molecule has 1 amide bonds. The first-order valence-corrected chi connectivity index (χ1v) is 10.8. The van der Waals surface area contributed by atoms with E-state index in [-0.39, 0.29) is 23.5 Å². The Labute approximate surface area is 173 Å².